The van der Waals surface area contributed by atoms with Crippen LogP contribution in [0.4, 0.5) is 0 Å². The molecule has 0 aliphatic rings. The van der Waals surface area contributed by atoms with E-state index in [1.165, 1.54) is 16.4 Å². The van der Waals surface area contributed by atoms with Gasteiger partial charge in [-0.3, -0.25) is 0 Å². The molecule has 0 heterocycles. The molecule has 0 amide bonds. The van der Waals surface area contributed by atoms with E-state index in [2.05, 4.69) is 48.7 Å². The van der Waals surface area contributed by atoms with E-state index in [1.54, 1.807) is 0 Å². The molecule has 18 heavy (non-hydrogen) atoms. The number of benzene rings is 1. The number of hydrogen-bond donors (Lipinski definition) is 0. The van der Waals surface area contributed by atoms with Crippen molar-refractivity contribution in [2.45, 2.75) is 34.6 Å². The molecule has 0 aromatic heterocycles. The molecule has 1 aromatic rings. The third kappa shape index (κ3) is 6.38. The Kier molecular flexibility index (Phi) is 8.01. The third-order valence-corrected chi connectivity index (χ3v) is 2.84. The molecule has 0 radical (unpaired) electrons. The highest BCUT2D eigenvalue weighted by molar-refractivity contribution is 7.22. The molecule has 1 aromatic carbocycles. The maximum absolute atomic E-state index is 8.38. The lowest BCUT2D eigenvalue weighted by Gasteiger charge is -2.08. The lowest BCUT2D eigenvalue weighted by Crippen LogP contribution is -2.00. The van der Waals surface area contributed by atoms with Crippen molar-refractivity contribution in [2.24, 2.45) is 5.92 Å². The fraction of sp³-hybridized carbons (Fsp3) is 0.375. The Bertz CT molecular complexity index is 447. The van der Waals surface area contributed by atoms with Crippen LogP contribution >= 0.6 is 8.86 Å². The summed E-state index contributed by atoms with van der Waals surface area (Å²) >= 11 is 0. The predicted molar refractivity (Wildman–Crippen MR) is 83.5 cm³/mol. The summed E-state index contributed by atoms with van der Waals surface area (Å²) in [5, 5.41) is 9.62. The van der Waals surface area contributed by atoms with Crippen LogP contribution in [-0.4, -0.2) is 5.29 Å². The Morgan fingerprint density at radius 1 is 1.28 bits per heavy atom. The van der Waals surface area contributed by atoms with Crippen LogP contribution in [0.2, 0.25) is 0 Å². The van der Waals surface area contributed by atoms with Gasteiger partial charge in [-0.2, -0.15) is 5.26 Å². The average Bonchev–Trinajstić information content (AvgIpc) is 2.30. The minimum Gasteiger partial charge on any atom is -0.192 e. The van der Waals surface area contributed by atoms with Crippen LogP contribution in [0.5, 0.6) is 0 Å². The number of nitriles is 1. The van der Waals surface area contributed by atoms with Gasteiger partial charge in [0, 0.05) is 0 Å². The van der Waals surface area contributed by atoms with Gasteiger partial charge in [0.15, 0.2) is 0 Å². The molecule has 0 atom stereocenters. The Labute approximate surface area is 113 Å². The number of aryl methyl sites for hydroxylation is 1. The highest BCUT2D eigenvalue weighted by atomic mass is 31.0. The van der Waals surface area contributed by atoms with Crippen molar-refractivity contribution in [1.29, 1.82) is 5.26 Å². The van der Waals surface area contributed by atoms with Gasteiger partial charge in [-0.05, 0) is 49.7 Å². The zero-order chi connectivity index (χ0) is 14.1. The lowest BCUT2D eigenvalue weighted by atomic mass is 10.0. The van der Waals surface area contributed by atoms with E-state index in [0.29, 0.717) is 5.92 Å². The number of rotatable bonds is 2. The van der Waals surface area contributed by atoms with Gasteiger partial charge in [0.05, 0.1) is 11.6 Å². The minimum absolute atomic E-state index is 0.632. The zero-order valence-corrected chi connectivity index (χ0v) is 12.9. The topological polar surface area (TPSA) is 23.8 Å². The molecular formula is C16H22NP. The summed E-state index contributed by atoms with van der Waals surface area (Å²) in [5.74, 6) is 0.632. The van der Waals surface area contributed by atoms with Crippen molar-refractivity contribution >= 4 is 14.2 Å². The fourth-order valence-corrected chi connectivity index (χ4v) is 2.04. The van der Waals surface area contributed by atoms with E-state index < -0.39 is 0 Å². The first-order chi connectivity index (χ1) is 8.42. The normalized spacial score (nSPS) is 10.4. The van der Waals surface area contributed by atoms with E-state index in [-0.39, 0.29) is 0 Å². The van der Waals surface area contributed by atoms with Crippen LogP contribution in [0, 0.1) is 24.2 Å². The lowest BCUT2D eigenvalue weighted by molar-refractivity contribution is 0.803. The van der Waals surface area contributed by atoms with Crippen molar-refractivity contribution < 1.29 is 0 Å². The van der Waals surface area contributed by atoms with Crippen LogP contribution in [0.3, 0.4) is 0 Å². The number of nitrogens with zero attached hydrogens (tertiary/aromatic N) is 1. The SMILES string of the molecule is C/C=C(\C(C)=P)C(C)C.Cc1ccc(C#N)cc1. The van der Waals surface area contributed by atoms with Crippen LogP contribution in [0.1, 0.15) is 38.8 Å². The first kappa shape index (κ1) is 16.6. The van der Waals surface area contributed by atoms with Crippen LogP contribution < -0.4 is 0 Å². The predicted octanol–water partition coefficient (Wildman–Crippen LogP) is 4.79. The largest absolute Gasteiger partial charge is 0.192 e. The third-order valence-electron chi connectivity index (χ3n) is 2.55. The summed E-state index contributed by atoms with van der Waals surface area (Å²) in [6, 6.07) is 9.54. The number of hydrogen-bond acceptors (Lipinski definition) is 1. The molecule has 0 aliphatic carbocycles. The average molecular weight is 259 g/mol. The van der Waals surface area contributed by atoms with Gasteiger partial charge >= 0.3 is 0 Å². The Morgan fingerprint density at radius 2 is 1.78 bits per heavy atom. The molecule has 2 heteroatoms. The maximum atomic E-state index is 8.38. The monoisotopic (exact) mass is 259 g/mol. The van der Waals surface area contributed by atoms with Gasteiger partial charge in [0.25, 0.3) is 0 Å². The van der Waals surface area contributed by atoms with Crippen LogP contribution in [-0.2, 0) is 0 Å². The van der Waals surface area contributed by atoms with E-state index in [1.807, 2.05) is 31.2 Å². The molecule has 96 valence electrons. The van der Waals surface area contributed by atoms with Gasteiger partial charge in [-0.1, -0.05) is 37.6 Å². The number of allylic oxidation sites excluding steroid dienone is 2. The van der Waals surface area contributed by atoms with Crippen LogP contribution in [0.25, 0.3) is 0 Å². The smallest absolute Gasteiger partial charge is 0.0991 e. The van der Waals surface area contributed by atoms with Crippen molar-refractivity contribution in [3.63, 3.8) is 0 Å². The summed E-state index contributed by atoms with van der Waals surface area (Å²) in [4.78, 5) is 0. The zero-order valence-electron chi connectivity index (χ0n) is 11.9. The molecule has 0 N–H and O–H groups in total. The first-order valence-corrected chi connectivity index (χ1v) is 6.60. The summed E-state index contributed by atoms with van der Waals surface area (Å²) in [6.45, 7) is 10.5. The second-order valence-electron chi connectivity index (χ2n) is 4.50. The van der Waals surface area contributed by atoms with E-state index in [0.717, 1.165) is 5.56 Å². The summed E-state index contributed by atoms with van der Waals surface area (Å²) in [6.07, 6.45) is 2.15. The van der Waals surface area contributed by atoms with Crippen molar-refractivity contribution in [3.05, 3.63) is 47.0 Å². The van der Waals surface area contributed by atoms with Crippen molar-refractivity contribution in [3.8, 4) is 6.07 Å². The minimum atomic E-state index is 0.632. The molecule has 0 saturated heterocycles. The first-order valence-electron chi connectivity index (χ1n) is 6.10. The highest BCUT2D eigenvalue weighted by Crippen LogP contribution is 2.11. The van der Waals surface area contributed by atoms with Gasteiger partial charge in [-0.25, -0.2) is 0 Å². The molecule has 1 rings (SSSR count). The summed E-state index contributed by atoms with van der Waals surface area (Å²) in [7, 11) is 3.50. The molecule has 0 unspecified atom stereocenters. The molecular weight excluding hydrogens is 237 g/mol. The summed E-state index contributed by atoms with van der Waals surface area (Å²) in [5.41, 5.74) is 3.31. The van der Waals surface area contributed by atoms with E-state index in [9.17, 15) is 0 Å². The Morgan fingerprint density at radius 3 is 2.00 bits per heavy atom. The quantitative estimate of drug-likeness (QED) is 0.700. The molecule has 0 bridgehead atoms. The van der Waals surface area contributed by atoms with Crippen molar-refractivity contribution in [2.75, 3.05) is 0 Å². The van der Waals surface area contributed by atoms with E-state index in [4.69, 9.17) is 5.26 Å². The second kappa shape index (κ2) is 8.67. The van der Waals surface area contributed by atoms with Gasteiger partial charge in [-0.15, -0.1) is 8.86 Å². The van der Waals surface area contributed by atoms with Crippen LogP contribution in [0.15, 0.2) is 35.9 Å². The molecule has 1 nitrogen and oxygen atoms in total. The van der Waals surface area contributed by atoms with Gasteiger partial charge in [0.1, 0.15) is 0 Å². The summed E-state index contributed by atoms with van der Waals surface area (Å²) < 4.78 is 0. The molecule has 0 saturated carbocycles. The fourth-order valence-electron chi connectivity index (χ4n) is 1.61. The van der Waals surface area contributed by atoms with E-state index >= 15 is 0 Å². The Balaban J connectivity index is 0.000000321. The highest BCUT2D eigenvalue weighted by Gasteiger charge is 2.00. The van der Waals surface area contributed by atoms with Crippen molar-refractivity contribution in [1.82, 2.24) is 0 Å². The molecule has 0 fully saturated rings. The Hall–Kier alpha value is -1.38. The van der Waals surface area contributed by atoms with Gasteiger partial charge < -0.3 is 0 Å². The second-order valence-corrected chi connectivity index (χ2v) is 5.25. The molecule has 0 spiro atoms. The van der Waals surface area contributed by atoms with Gasteiger partial charge in [0.2, 0.25) is 0 Å². The maximum Gasteiger partial charge on any atom is 0.0991 e. The standard InChI is InChI=1S/C8H7N.C8H15P/c1-7-2-4-8(6-9)5-3-7;1-5-8(6(2)3)7(4)9/h2-5H,1H3;5-6,9H,1-4H3/b;8-5-. The molecule has 0 aliphatic heterocycles.